The summed E-state index contributed by atoms with van der Waals surface area (Å²) in [5.74, 6) is -0.138. The van der Waals surface area contributed by atoms with E-state index in [1.165, 1.54) is 12.1 Å². The third-order valence-corrected chi connectivity index (χ3v) is 4.30. The highest BCUT2D eigenvalue weighted by atomic mass is 35.5. The van der Waals surface area contributed by atoms with Crippen LogP contribution in [0.4, 0.5) is 5.95 Å². The monoisotopic (exact) mass is 352 g/mol. The molecule has 20 heavy (non-hydrogen) atoms. The van der Waals surface area contributed by atoms with Crippen molar-refractivity contribution in [2.45, 2.75) is 11.8 Å². The second kappa shape index (κ2) is 5.69. The van der Waals surface area contributed by atoms with Gasteiger partial charge in [0.15, 0.2) is 0 Å². The largest absolute Gasteiger partial charge is 0.265 e. The lowest BCUT2D eigenvalue weighted by Gasteiger charge is -2.07. The molecule has 0 fully saturated rings. The van der Waals surface area contributed by atoms with Gasteiger partial charge in [-0.2, -0.15) is 0 Å². The Kier molecular flexibility index (Phi) is 4.33. The maximum Gasteiger partial charge on any atom is 0.265 e. The van der Waals surface area contributed by atoms with Gasteiger partial charge < -0.3 is 0 Å². The van der Waals surface area contributed by atoms with Crippen LogP contribution in [0.5, 0.6) is 0 Å². The summed E-state index contributed by atoms with van der Waals surface area (Å²) in [6.07, 6.45) is 1.08. The molecule has 0 atom stereocenters. The zero-order chi connectivity index (χ0) is 14.9. The minimum atomic E-state index is -3.93. The van der Waals surface area contributed by atoms with E-state index in [-0.39, 0.29) is 26.2 Å². The van der Waals surface area contributed by atoms with Gasteiger partial charge in [0.2, 0.25) is 5.95 Å². The first kappa shape index (κ1) is 15.2. The zero-order valence-electron chi connectivity index (χ0n) is 9.93. The van der Waals surface area contributed by atoms with Gasteiger partial charge >= 0.3 is 0 Å². The summed E-state index contributed by atoms with van der Waals surface area (Å²) in [5, 5.41) is 0.167. The van der Waals surface area contributed by atoms with Crippen molar-refractivity contribution in [2.24, 2.45) is 0 Å². The Bertz CT molecular complexity index is 747. The molecule has 0 aliphatic heterocycles. The average molecular weight is 354 g/mol. The highest BCUT2D eigenvalue weighted by Crippen LogP contribution is 2.23. The summed E-state index contributed by atoms with van der Waals surface area (Å²) in [6.45, 7) is 1.66. The van der Waals surface area contributed by atoms with Crippen LogP contribution >= 0.6 is 34.8 Å². The van der Waals surface area contributed by atoms with E-state index in [0.717, 1.165) is 6.20 Å². The number of sulfonamides is 1. The number of nitrogens with zero attached hydrogens (tertiary/aromatic N) is 3. The Morgan fingerprint density at radius 3 is 2.45 bits per heavy atom. The Hall–Kier alpha value is -1.15. The van der Waals surface area contributed by atoms with Crippen LogP contribution in [-0.2, 0) is 10.0 Å². The van der Waals surface area contributed by atoms with E-state index in [4.69, 9.17) is 34.8 Å². The number of anilines is 1. The number of aromatic nitrogens is 3. The molecule has 0 radical (unpaired) electrons. The molecule has 2 rings (SSSR count). The molecule has 10 heteroatoms. The second-order valence-electron chi connectivity index (χ2n) is 3.70. The summed E-state index contributed by atoms with van der Waals surface area (Å²) in [7, 11) is -3.93. The van der Waals surface area contributed by atoms with Crippen LogP contribution in [0.15, 0.2) is 23.2 Å². The lowest BCUT2D eigenvalue weighted by molar-refractivity contribution is 0.600. The minimum Gasteiger partial charge on any atom is -0.247 e. The zero-order valence-corrected chi connectivity index (χ0v) is 13.0. The summed E-state index contributed by atoms with van der Waals surface area (Å²) >= 11 is 17.1. The first-order valence-electron chi connectivity index (χ1n) is 5.13. The predicted molar refractivity (Wildman–Crippen MR) is 76.8 cm³/mol. The number of rotatable bonds is 3. The molecule has 0 saturated carbocycles. The molecule has 1 N–H and O–H groups in total. The smallest absolute Gasteiger partial charge is 0.247 e. The second-order valence-corrected chi connectivity index (χ2v) is 6.54. The van der Waals surface area contributed by atoms with Crippen LogP contribution in [0.1, 0.15) is 5.69 Å². The van der Waals surface area contributed by atoms with Gasteiger partial charge in [0.05, 0.1) is 5.02 Å². The van der Waals surface area contributed by atoms with Crippen molar-refractivity contribution in [3.05, 3.63) is 39.4 Å². The molecule has 2 aromatic rings. The SMILES string of the molecule is Cc1cc(Cl)nc(NS(=O)(=O)c2cnc(Cl)c(Cl)c2)n1. The average Bonchev–Trinajstić information content (AvgIpc) is 2.30. The van der Waals surface area contributed by atoms with E-state index in [0.29, 0.717) is 5.69 Å². The Balaban J connectivity index is 2.37. The van der Waals surface area contributed by atoms with Crippen molar-refractivity contribution in [3.8, 4) is 0 Å². The number of aryl methyl sites for hydroxylation is 1. The number of hydrogen-bond acceptors (Lipinski definition) is 5. The van der Waals surface area contributed by atoms with Gasteiger partial charge in [0.1, 0.15) is 15.2 Å². The molecular formula is C10H7Cl3N4O2S. The first-order chi connectivity index (χ1) is 9.28. The van der Waals surface area contributed by atoms with Crippen LogP contribution in [0.3, 0.4) is 0 Å². The molecule has 0 bridgehead atoms. The fraction of sp³-hybridized carbons (Fsp3) is 0.100. The van der Waals surface area contributed by atoms with E-state index in [2.05, 4.69) is 19.7 Å². The van der Waals surface area contributed by atoms with Crippen molar-refractivity contribution in [1.29, 1.82) is 0 Å². The quantitative estimate of drug-likeness (QED) is 0.677. The van der Waals surface area contributed by atoms with E-state index in [1.807, 2.05) is 0 Å². The number of nitrogens with one attached hydrogen (secondary N) is 1. The van der Waals surface area contributed by atoms with Gasteiger partial charge in [0.25, 0.3) is 10.0 Å². The summed E-state index contributed by atoms with van der Waals surface area (Å²) in [5.41, 5.74) is 0.523. The van der Waals surface area contributed by atoms with Crippen molar-refractivity contribution in [1.82, 2.24) is 15.0 Å². The fourth-order valence-corrected chi connectivity index (χ4v) is 2.79. The molecule has 0 saturated heterocycles. The summed E-state index contributed by atoms with van der Waals surface area (Å²) in [6, 6.07) is 2.68. The van der Waals surface area contributed by atoms with Crippen molar-refractivity contribution >= 4 is 50.8 Å². The van der Waals surface area contributed by atoms with E-state index < -0.39 is 10.0 Å². The maximum atomic E-state index is 12.1. The van der Waals surface area contributed by atoms with Crippen LogP contribution in [0.25, 0.3) is 0 Å². The number of halogens is 3. The molecule has 2 heterocycles. The highest BCUT2D eigenvalue weighted by molar-refractivity contribution is 7.92. The Labute approximate surface area is 130 Å². The third-order valence-electron chi connectivity index (χ3n) is 2.13. The van der Waals surface area contributed by atoms with Crippen molar-refractivity contribution in [2.75, 3.05) is 4.72 Å². The Morgan fingerprint density at radius 2 is 1.85 bits per heavy atom. The normalized spacial score (nSPS) is 11.4. The molecule has 0 aromatic carbocycles. The van der Waals surface area contributed by atoms with Crippen LogP contribution < -0.4 is 4.72 Å². The lowest BCUT2D eigenvalue weighted by atomic mass is 10.5. The topological polar surface area (TPSA) is 84.8 Å². The lowest BCUT2D eigenvalue weighted by Crippen LogP contribution is -2.15. The van der Waals surface area contributed by atoms with E-state index in [9.17, 15) is 8.42 Å². The summed E-state index contributed by atoms with van der Waals surface area (Å²) < 4.78 is 26.4. The van der Waals surface area contributed by atoms with Gasteiger partial charge in [-0.25, -0.2) is 28.1 Å². The predicted octanol–water partition coefficient (Wildman–Crippen LogP) is 2.94. The van der Waals surface area contributed by atoms with Gasteiger partial charge in [0, 0.05) is 11.9 Å². The van der Waals surface area contributed by atoms with E-state index >= 15 is 0 Å². The number of hydrogen-bond donors (Lipinski definition) is 1. The first-order valence-corrected chi connectivity index (χ1v) is 7.75. The molecular weight excluding hydrogens is 347 g/mol. The van der Waals surface area contributed by atoms with Crippen LogP contribution in [-0.4, -0.2) is 23.4 Å². The van der Waals surface area contributed by atoms with E-state index in [1.54, 1.807) is 6.92 Å². The minimum absolute atomic E-state index is 0.0143. The van der Waals surface area contributed by atoms with Crippen molar-refractivity contribution in [3.63, 3.8) is 0 Å². The standard InChI is InChI=1S/C10H7Cl3N4O2S/c1-5-2-8(12)16-10(15-5)17-20(18,19)6-3-7(11)9(13)14-4-6/h2-4H,1H3,(H,15,16,17). The third kappa shape index (κ3) is 3.49. The molecule has 6 nitrogen and oxygen atoms in total. The highest BCUT2D eigenvalue weighted by Gasteiger charge is 2.18. The maximum absolute atomic E-state index is 12.1. The molecule has 2 aromatic heterocycles. The number of pyridine rings is 1. The van der Waals surface area contributed by atoms with Crippen molar-refractivity contribution < 1.29 is 8.42 Å². The summed E-state index contributed by atoms with van der Waals surface area (Å²) in [4.78, 5) is 11.2. The molecule has 0 unspecified atom stereocenters. The van der Waals surface area contributed by atoms with Crippen LogP contribution in [0, 0.1) is 6.92 Å². The van der Waals surface area contributed by atoms with Gasteiger partial charge in [-0.15, -0.1) is 0 Å². The Morgan fingerprint density at radius 1 is 1.15 bits per heavy atom. The molecule has 0 aliphatic carbocycles. The molecule has 0 amide bonds. The molecule has 106 valence electrons. The van der Waals surface area contributed by atoms with Gasteiger partial charge in [-0.1, -0.05) is 34.8 Å². The van der Waals surface area contributed by atoms with Crippen LogP contribution in [0.2, 0.25) is 15.3 Å². The fourth-order valence-electron chi connectivity index (χ4n) is 1.31. The molecule has 0 spiro atoms. The van der Waals surface area contributed by atoms with Gasteiger partial charge in [-0.05, 0) is 19.1 Å². The molecule has 0 aliphatic rings. The van der Waals surface area contributed by atoms with Gasteiger partial charge in [-0.3, -0.25) is 0 Å².